The molecule has 1 atom stereocenters. The van der Waals surface area contributed by atoms with E-state index in [2.05, 4.69) is 0 Å². The first kappa shape index (κ1) is 29.1. The van der Waals surface area contributed by atoms with Crippen LogP contribution in [0, 0.1) is 0 Å². The number of hydrogen-bond donors (Lipinski definition) is 1. The normalized spacial score (nSPS) is 16.8. The molecular formula is C28H23Cl2F3N2O5. The Bertz CT molecular complexity index is 1520. The van der Waals surface area contributed by atoms with Crippen molar-refractivity contribution >= 4 is 52.0 Å². The molecule has 1 unspecified atom stereocenters. The average Bonchev–Trinajstić information content (AvgIpc) is 3.18. The lowest BCUT2D eigenvalue weighted by Gasteiger charge is -2.27. The van der Waals surface area contributed by atoms with Crippen LogP contribution in [0.3, 0.4) is 0 Å². The van der Waals surface area contributed by atoms with E-state index in [0.717, 1.165) is 28.8 Å². The Morgan fingerprint density at radius 3 is 2.15 bits per heavy atom. The van der Waals surface area contributed by atoms with Crippen molar-refractivity contribution in [3.63, 3.8) is 0 Å². The van der Waals surface area contributed by atoms with Gasteiger partial charge in [0.2, 0.25) is 0 Å². The number of ether oxygens (including phenoxy) is 2. The number of alkyl halides is 3. The van der Waals surface area contributed by atoms with Crippen LogP contribution in [0.4, 0.5) is 24.5 Å². The molecule has 1 N–H and O–H groups in total. The minimum absolute atomic E-state index is 0.0196. The smallest absolute Gasteiger partial charge is 0.416 e. The van der Waals surface area contributed by atoms with Crippen LogP contribution in [0.1, 0.15) is 22.7 Å². The summed E-state index contributed by atoms with van der Waals surface area (Å²) in [5.41, 5.74) is -0.561. The van der Waals surface area contributed by atoms with E-state index in [1.807, 2.05) is 19.0 Å². The fraction of sp³-hybridized carbons (Fsp3) is 0.214. The van der Waals surface area contributed by atoms with Crippen molar-refractivity contribution in [3.05, 3.63) is 86.9 Å². The maximum absolute atomic E-state index is 13.5. The molecule has 40 heavy (non-hydrogen) atoms. The molecular weight excluding hydrogens is 572 g/mol. The summed E-state index contributed by atoms with van der Waals surface area (Å²) >= 11 is 12.7. The third kappa shape index (κ3) is 5.04. The number of aliphatic hydroxyl groups is 1. The topological polar surface area (TPSA) is 79.3 Å². The summed E-state index contributed by atoms with van der Waals surface area (Å²) in [7, 11) is 6.22. The zero-order chi connectivity index (χ0) is 29.5. The number of amides is 1. The summed E-state index contributed by atoms with van der Waals surface area (Å²) in [4.78, 5) is 29.6. The summed E-state index contributed by atoms with van der Waals surface area (Å²) in [6.45, 7) is 0. The quantitative estimate of drug-likeness (QED) is 0.194. The van der Waals surface area contributed by atoms with Gasteiger partial charge in [-0.3, -0.25) is 14.5 Å². The number of halogens is 5. The van der Waals surface area contributed by atoms with E-state index in [1.54, 1.807) is 24.3 Å². The Balaban J connectivity index is 2.02. The Morgan fingerprint density at radius 2 is 1.60 bits per heavy atom. The number of nitrogens with zero attached hydrogens (tertiary/aromatic N) is 2. The van der Waals surface area contributed by atoms with Gasteiger partial charge in [-0.1, -0.05) is 41.4 Å². The third-order valence-electron chi connectivity index (χ3n) is 6.42. The molecule has 3 aromatic rings. The highest BCUT2D eigenvalue weighted by Gasteiger charge is 2.48. The van der Waals surface area contributed by atoms with Crippen molar-refractivity contribution in [2.75, 3.05) is 38.1 Å². The Kier molecular flexibility index (Phi) is 7.96. The second kappa shape index (κ2) is 10.9. The van der Waals surface area contributed by atoms with Crippen LogP contribution in [0.2, 0.25) is 10.0 Å². The predicted molar refractivity (Wildman–Crippen MR) is 147 cm³/mol. The number of carbonyl (C=O) groups excluding carboxylic acids is 2. The van der Waals surface area contributed by atoms with Crippen molar-refractivity contribution in [1.29, 1.82) is 0 Å². The molecule has 1 amide bonds. The van der Waals surface area contributed by atoms with Crippen LogP contribution in [0.15, 0.2) is 60.2 Å². The number of hydrogen-bond acceptors (Lipinski definition) is 6. The molecule has 7 nitrogen and oxygen atoms in total. The number of carbonyl (C=O) groups is 2. The van der Waals surface area contributed by atoms with E-state index in [4.69, 9.17) is 32.7 Å². The summed E-state index contributed by atoms with van der Waals surface area (Å²) in [6.07, 6.45) is -4.70. The molecule has 0 saturated carbocycles. The monoisotopic (exact) mass is 594 g/mol. The van der Waals surface area contributed by atoms with Crippen LogP contribution in [-0.2, 0) is 15.8 Å². The number of Topliss-reactive ketones (excluding diaryl/α,β-unsaturated/α-hetero) is 1. The van der Waals surface area contributed by atoms with Gasteiger partial charge in [0.05, 0.1) is 42.0 Å². The van der Waals surface area contributed by atoms with Crippen LogP contribution in [-0.4, -0.2) is 45.1 Å². The SMILES string of the molecule is COc1c(Cl)cc(/C(O)=C2\C(=O)C(=O)N(c3cccc(C(F)(F)F)c3)C2c2ccc(N(C)C)cc2)c(OC)c1Cl. The maximum Gasteiger partial charge on any atom is 0.416 e. The lowest BCUT2D eigenvalue weighted by Crippen LogP contribution is -2.29. The zero-order valence-electron chi connectivity index (χ0n) is 21.6. The molecule has 1 aliphatic heterocycles. The van der Waals surface area contributed by atoms with E-state index >= 15 is 0 Å². The molecule has 0 aromatic heterocycles. The minimum Gasteiger partial charge on any atom is -0.507 e. The average molecular weight is 595 g/mol. The second-order valence-electron chi connectivity index (χ2n) is 8.99. The van der Waals surface area contributed by atoms with Gasteiger partial charge in [-0.25, -0.2) is 0 Å². The highest BCUT2D eigenvalue weighted by molar-refractivity contribution is 6.52. The first-order valence-corrected chi connectivity index (χ1v) is 12.4. The van der Waals surface area contributed by atoms with Gasteiger partial charge in [0.25, 0.3) is 11.7 Å². The van der Waals surface area contributed by atoms with E-state index < -0.39 is 40.8 Å². The molecule has 1 saturated heterocycles. The van der Waals surface area contributed by atoms with Gasteiger partial charge >= 0.3 is 6.18 Å². The van der Waals surface area contributed by atoms with Crippen molar-refractivity contribution in [2.24, 2.45) is 0 Å². The van der Waals surface area contributed by atoms with Crippen molar-refractivity contribution in [1.82, 2.24) is 0 Å². The first-order chi connectivity index (χ1) is 18.8. The van der Waals surface area contributed by atoms with Crippen molar-refractivity contribution in [3.8, 4) is 11.5 Å². The van der Waals surface area contributed by atoms with Gasteiger partial charge in [0, 0.05) is 25.5 Å². The van der Waals surface area contributed by atoms with Gasteiger partial charge in [0.1, 0.15) is 10.8 Å². The van der Waals surface area contributed by atoms with Gasteiger partial charge in [-0.2, -0.15) is 13.2 Å². The summed E-state index contributed by atoms with van der Waals surface area (Å²) in [6, 6.07) is 10.6. The lowest BCUT2D eigenvalue weighted by molar-refractivity contribution is -0.137. The van der Waals surface area contributed by atoms with Gasteiger partial charge in [-0.05, 0) is 42.0 Å². The number of anilines is 2. The summed E-state index contributed by atoms with van der Waals surface area (Å²) in [5, 5.41) is 11.4. The first-order valence-electron chi connectivity index (χ1n) is 11.7. The van der Waals surface area contributed by atoms with Gasteiger partial charge in [0.15, 0.2) is 11.5 Å². The Hall–Kier alpha value is -3.89. The number of benzene rings is 3. The summed E-state index contributed by atoms with van der Waals surface area (Å²) in [5.74, 6) is -2.98. The van der Waals surface area contributed by atoms with Crippen molar-refractivity contribution in [2.45, 2.75) is 12.2 Å². The number of aliphatic hydroxyl groups excluding tert-OH is 1. The van der Waals surface area contributed by atoms with E-state index in [0.29, 0.717) is 5.56 Å². The molecule has 1 fully saturated rings. The molecule has 210 valence electrons. The fourth-order valence-corrected chi connectivity index (χ4v) is 5.18. The molecule has 0 aliphatic carbocycles. The number of methoxy groups -OCH3 is 2. The molecule has 0 bridgehead atoms. The second-order valence-corrected chi connectivity index (χ2v) is 9.77. The molecule has 0 radical (unpaired) electrons. The summed E-state index contributed by atoms with van der Waals surface area (Å²) < 4.78 is 51.2. The Labute approximate surface area is 237 Å². The van der Waals surface area contributed by atoms with E-state index in [-0.39, 0.29) is 32.8 Å². The van der Waals surface area contributed by atoms with Crippen LogP contribution in [0.5, 0.6) is 11.5 Å². The molecule has 3 aromatic carbocycles. The number of rotatable bonds is 6. The fourth-order valence-electron chi connectivity index (χ4n) is 4.49. The standard InChI is InChI=1S/C28H23Cl2F3N2O5/c1-34(2)16-10-8-14(9-11-16)22-20(23(36)18-13-19(29)26(40-4)21(30)25(18)39-3)24(37)27(38)35(22)17-7-5-6-15(12-17)28(31,32)33/h5-13,22,36H,1-4H3/b23-20+. The molecule has 4 rings (SSSR count). The highest BCUT2D eigenvalue weighted by Crippen LogP contribution is 2.48. The minimum atomic E-state index is -4.70. The predicted octanol–water partition coefficient (Wildman–Crippen LogP) is 6.72. The van der Waals surface area contributed by atoms with Crippen LogP contribution < -0.4 is 19.3 Å². The molecule has 1 aliphatic rings. The van der Waals surface area contributed by atoms with Crippen LogP contribution in [0.25, 0.3) is 5.76 Å². The third-order valence-corrected chi connectivity index (χ3v) is 7.04. The number of ketones is 1. The largest absolute Gasteiger partial charge is 0.507 e. The highest BCUT2D eigenvalue weighted by atomic mass is 35.5. The van der Waals surface area contributed by atoms with E-state index in [9.17, 15) is 27.9 Å². The van der Waals surface area contributed by atoms with Crippen molar-refractivity contribution < 1.29 is 37.3 Å². The lowest BCUT2D eigenvalue weighted by atomic mass is 9.94. The molecule has 12 heteroatoms. The Morgan fingerprint density at radius 1 is 0.975 bits per heavy atom. The van der Waals surface area contributed by atoms with Crippen LogP contribution >= 0.6 is 23.2 Å². The van der Waals surface area contributed by atoms with Gasteiger partial charge in [-0.15, -0.1) is 0 Å². The van der Waals surface area contributed by atoms with E-state index in [1.165, 1.54) is 26.4 Å². The maximum atomic E-state index is 13.5. The zero-order valence-corrected chi connectivity index (χ0v) is 23.1. The molecule has 0 spiro atoms. The van der Waals surface area contributed by atoms with Gasteiger partial charge < -0.3 is 19.5 Å². The molecule has 1 heterocycles.